The van der Waals surface area contributed by atoms with Crippen LogP contribution in [0.15, 0.2) is 60.7 Å². The van der Waals surface area contributed by atoms with Crippen LogP contribution >= 0.6 is 0 Å². The van der Waals surface area contributed by atoms with Crippen molar-refractivity contribution in [1.29, 1.82) is 0 Å². The monoisotopic (exact) mass is 314 g/mol. The van der Waals surface area contributed by atoms with Crippen molar-refractivity contribution in [3.8, 4) is 0 Å². The molecule has 0 aromatic heterocycles. The molecule has 0 fully saturated rings. The Bertz CT molecular complexity index is 694. The molecule has 0 aliphatic rings. The van der Waals surface area contributed by atoms with E-state index < -0.39 is 23.1 Å². The Morgan fingerprint density at radius 3 is 1.74 bits per heavy atom. The number of ether oxygens (including phenoxy) is 1. The predicted molar refractivity (Wildman–Crippen MR) is 83.5 cm³/mol. The number of carboxylic acid groups (broad SMARTS) is 1. The fourth-order valence-corrected chi connectivity index (χ4v) is 2.15. The fraction of sp³-hybridized carbons (Fsp3) is 0.222. The first-order valence-corrected chi connectivity index (χ1v) is 7.09. The van der Waals surface area contributed by atoms with Gasteiger partial charge in [0.05, 0.1) is 0 Å². The van der Waals surface area contributed by atoms with Crippen LogP contribution in [0.5, 0.6) is 0 Å². The minimum Gasteiger partial charge on any atom is -0.478 e. The summed E-state index contributed by atoms with van der Waals surface area (Å²) in [6, 6.07) is 16.4. The predicted octanol–water partition coefficient (Wildman–Crippen LogP) is 2.44. The first kappa shape index (κ1) is 16.7. The summed E-state index contributed by atoms with van der Waals surface area (Å²) in [4.78, 5) is 24.1. The lowest BCUT2D eigenvalue weighted by Gasteiger charge is -2.30. The molecule has 0 aliphatic carbocycles. The first-order chi connectivity index (χ1) is 10.8. The second-order valence-corrected chi connectivity index (χ2v) is 5.53. The van der Waals surface area contributed by atoms with Gasteiger partial charge in [-0.3, -0.25) is 0 Å². The van der Waals surface area contributed by atoms with Gasteiger partial charge in [0.15, 0.2) is 5.60 Å². The van der Waals surface area contributed by atoms with Crippen molar-refractivity contribution in [2.75, 3.05) is 0 Å². The molecule has 0 amide bonds. The van der Waals surface area contributed by atoms with E-state index in [1.54, 1.807) is 60.7 Å². The van der Waals surface area contributed by atoms with Gasteiger partial charge in [0, 0.05) is 5.56 Å². The third-order valence-corrected chi connectivity index (χ3v) is 3.76. The number of carboxylic acids is 1. The molecule has 2 unspecified atom stereocenters. The van der Waals surface area contributed by atoms with E-state index in [1.807, 2.05) is 0 Å². The summed E-state index contributed by atoms with van der Waals surface area (Å²) in [5.41, 5.74) is -3.21. The van der Waals surface area contributed by atoms with Crippen LogP contribution in [0.2, 0.25) is 0 Å². The van der Waals surface area contributed by atoms with Gasteiger partial charge in [-0.05, 0) is 19.4 Å². The summed E-state index contributed by atoms with van der Waals surface area (Å²) >= 11 is 0. The lowest BCUT2D eigenvalue weighted by molar-refractivity contribution is -0.191. The van der Waals surface area contributed by atoms with E-state index >= 15 is 0 Å². The first-order valence-electron chi connectivity index (χ1n) is 7.09. The molecular weight excluding hydrogens is 296 g/mol. The maximum Gasteiger partial charge on any atom is 0.352 e. The highest BCUT2D eigenvalue weighted by atomic mass is 16.6. The van der Waals surface area contributed by atoms with Crippen LogP contribution < -0.4 is 0 Å². The van der Waals surface area contributed by atoms with Gasteiger partial charge < -0.3 is 14.9 Å². The molecule has 0 spiro atoms. The number of hydrogen-bond donors (Lipinski definition) is 2. The summed E-state index contributed by atoms with van der Waals surface area (Å²) in [5, 5.41) is 20.0. The Kier molecular flexibility index (Phi) is 4.52. The average molecular weight is 314 g/mol. The van der Waals surface area contributed by atoms with Crippen LogP contribution in [0.4, 0.5) is 0 Å². The lowest BCUT2D eigenvalue weighted by atomic mass is 9.93. The SMILES string of the molecule is CC(O)(C(=O)OC(C)(C(=O)O)c1ccccc1)c1ccccc1. The molecule has 0 aliphatic heterocycles. The van der Waals surface area contributed by atoms with Crippen LogP contribution in [0.3, 0.4) is 0 Å². The highest BCUT2D eigenvalue weighted by Crippen LogP contribution is 2.30. The average Bonchev–Trinajstić information content (AvgIpc) is 2.56. The van der Waals surface area contributed by atoms with Crippen LogP contribution in [-0.2, 0) is 25.5 Å². The van der Waals surface area contributed by atoms with Gasteiger partial charge >= 0.3 is 11.9 Å². The molecule has 2 aromatic carbocycles. The van der Waals surface area contributed by atoms with Crippen molar-refractivity contribution in [1.82, 2.24) is 0 Å². The summed E-state index contributed by atoms with van der Waals surface area (Å²) in [6.45, 7) is 2.56. The van der Waals surface area contributed by atoms with Gasteiger partial charge in [-0.15, -0.1) is 0 Å². The lowest BCUT2D eigenvalue weighted by Crippen LogP contribution is -2.44. The second-order valence-electron chi connectivity index (χ2n) is 5.53. The van der Waals surface area contributed by atoms with E-state index in [0.29, 0.717) is 11.1 Å². The van der Waals surface area contributed by atoms with E-state index in [2.05, 4.69) is 0 Å². The largest absolute Gasteiger partial charge is 0.478 e. The molecule has 23 heavy (non-hydrogen) atoms. The zero-order chi connectivity index (χ0) is 17.1. The highest BCUT2D eigenvalue weighted by Gasteiger charge is 2.44. The number of carbonyl (C=O) groups is 2. The molecule has 0 heterocycles. The Morgan fingerprint density at radius 2 is 1.30 bits per heavy atom. The molecule has 5 heteroatoms. The standard InChI is InChI=1S/C18H18O5/c1-17(22,13-9-5-3-6-10-13)16(21)23-18(2,15(19)20)14-11-7-4-8-12-14/h3-12,22H,1-2H3,(H,19,20). The maximum absolute atomic E-state index is 12.4. The Morgan fingerprint density at radius 1 is 0.870 bits per heavy atom. The van der Waals surface area contributed by atoms with Gasteiger partial charge in [0.25, 0.3) is 0 Å². The van der Waals surface area contributed by atoms with Crippen molar-refractivity contribution in [3.05, 3.63) is 71.8 Å². The van der Waals surface area contributed by atoms with Crippen LogP contribution in [0, 0.1) is 0 Å². The topological polar surface area (TPSA) is 83.8 Å². The maximum atomic E-state index is 12.4. The quantitative estimate of drug-likeness (QED) is 0.828. The molecule has 2 rings (SSSR count). The minimum absolute atomic E-state index is 0.310. The summed E-state index contributed by atoms with van der Waals surface area (Å²) in [7, 11) is 0. The minimum atomic E-state index is -1.95. The van der Waals surface area contributed by atoms with E-state index in [4.69, 9.17) is 4.74 Å². The van der Waals surface area contributed by atoms with Crippen molar-refractivity contribution in [3.63, 3.8) is 0 Å². The molecule has 120 valence electrons. The van der Waals surface area contributed by atoms with Gasteiger partial charge in [-0.25, -0.2) is 9.59 Å². The summed E-state index contributed by atoms with van der Waals surface area (Å²) < 4.78 is 5.22. The third kappa shape index (κ3) is 3.24. The fourth-order valence-electron chi connectivity index (χ4n) is 2.15. The zero-order valence-corrected chi connectivity index (χ0v) is 12.9. The van der Waals surface area contributed by atoms with Crippen LogP contribution in [-0.4, -0.2) is 22.2 Å². The summed E-state index contributed by atoms with van der Waals surface area (Å²) in [6.07, 6.45) is 0. The third-order valence-electron chi connectivity index (χ3n) is 3.76. The molecule has 0 saturated heterocycles. The number of aliphatic carboxylic acids is 1. The van der Waals surface area contributed by atoms with Gasteiger partial charge in [-0.2, -0.15) is 0 Å². The number of carbonyl (C=O) groups excluding carboxylic acids is 1. The molecule has 0 radical (unpaired) electrons. The smallest absolute Gasteiger partial charge is 0.352 e. The molecule has 2 atom stereocenters. The number of hydrogen-bond acceptors (Lipinski definition) is 4. The van der Waals surface area contributed by atoms with Gasteiger partial charge in [0.2, 0.25) is 5.60 Å². The molecule has 0 bridgehead atoms. The number of aliphatic hydroxyl groups is 1. The van der Waals surface area contributed by atoms with Gasteiger partial charge in [-0.1, -0.05) is 60.7 Å². The molecule has 0 saturated carbocycles. The normalized spacial score (nSPS) is 16.0. The highest BCUT2D eigenvalue weighted by molar-refractivity contribution is 5.86. The second kappa shape index (κ2) is 6.22. The van der Waals surface area contributed by atoms with Crippen molar-refractivity contribution in [2.45, 2.75) is 25.0 Å². The van der Waals surface area contributed by atoms with Crippen molar-refractivity contribution >= 4 is 11.9 Å². The van der Waals surface area contributed by atoms with E-state index in [9.17, 15) is 19.8 Å². The molecule has 2 aromatic rings. The Hall–Kier alpha value is -2.66. The van der Waals surface area contributed by atoms with E-state index in [1.165, 1.54) is 13.8 Å². The van der Waals surface area contributed by atoms with Crippen molar-refractivity contribution in [2.24, 2.45) is 0 Å². The molecular formula is C18H18O5. The molecule has 2 N–H and O–H groups in total. The molecule has 5 nitrogen and oxygen atoms in total. The van der Waals surface area contributed by atoms with Gasteiger partial charge in [0.1, 0.15) is 0 Å². The van der Waals surface area contributed by atoms with Crippen LogP contribution in [0.1, 0.15) is 25.0 Å². The number of rotatable bonds is 5. The van der Waals surface area contributed by atoms with E-state index in [0.717, 1.165) is 0 Å². The zero-order valence-electron chi connectivity index (χ0n) is 12.9. The Balaban J connectivity index is 2.34. The summed E-state index contributed by atoms with van der Waals surface area (Å²) in [5.74, 6) is -2.35. The van der Waals surface area contributed by atoms with Crippen LogP contribution in [0.25, 0.3) is 0 Å². The number of benzene rings is 2. The van der Waals surface area contributed by atoms with E-state index in [-0.39, 0.29) is 0 Å². The number of esters is 1. The van der Waals surface area contributed by atoms with Crippen molar-refractivity contribution < 1.29 is 24.5 Å². The Labute approximate surface area is 134 Å².